The van der Waals surface area contributed by atoms with E-state index in [2.05, 4.69) is 11.4 Å². The average Bonchev–Trinajstić information content (AvgIpc) is 3.40. The molecule has 0 radical (unpaired) electrons. The number of para-hydroxylation sites is 1. The van der Waals surface area contributed by atoms with Gasteiger partial charge in [0.2, 0.25) is 5.91 Å². The van der Waals surface area contributed by atoms with Crippen LogP contribution >= 0.6 is 11.3 Å². The van der Waals surface area contributed by atoms with Gasteiger partial charge in [0.05, 0.1) is 15.2 Å². The zero-order chi connectivity index (χ0) is 23.9. The average molecular weight is 477 g/mol. The number of fused-ring (bicyclic) bond motifs is 1. The lowest BCUT2D eigenvalue weighted by molar-refractivity contribution is -0.140. The van der Waals surface area contributed by atoms with E-state index in [0.717, 1.165) is 44.1 Å². The number of carbonyl (C=O) groups excluding carboxylic acids is 3. The van der Waals surface area contributed by atoms with E-state index in [1.807, 2.05) is 56.3 Å². The van der Waals surface area contributed by atoms with Crippen molar-refractivity contribution in [2.75, 3.05) is 19.6 Å². The maximum atomic E-state index is 13.4. The second-order valence-electron chi connectivity index (χ2n) is 9.15. The molecule has 2 fully saturated rings. The molecule has 0 aliphatic carbocycles. The Morgan fingerprint density at radius 2 is 1.94 bits per heavy atom. The fourth-order valence-electron chi connectivity index (χ4n) is 4.95. The van der Waals surface area contributed by atoms with Gasteiger partial charge in [0, 0.05) is 19.0 Å². The monoisotopic (exact) mass is 476 g/mol. The Morgan fingerprint density at radius 3 is 2.68 bits per heavy atom. The molecule has 3 heterocycles. The number of carbonyl (C=O) groups is 3. The summed E-state index contributed by atoms with van der Waals surface area (Å²) in [7, 11) is 0. The first kappa shape index (κ1) is 22.5. The number of hydrogen-bond donors (Lipinski definition) is 1. The Hall–Kier alpha value is -3.26. The van der Waals surface area contributed by atoms with Gasteiger partial charge in [-0.15, -0.1) is 11.3 Å². The van der Waals surface area contributed by atoms with Gasteiger partial charge in [-0.2, -0.15) is 0 Å². The first-order valence-electron chi connectivity index (χ1n) is 11.8. The fourth-order valence-corrected chi connectivity index (χ4v) is 6.05. The Balaban J connectivity index is 1.31. The molecule has 1 aromatic heterocycles. The molecule has 7 nitrogen and oxygen atoms in total. The van der Waals surface area contributed by atoms with Gasteiger partial charge < -0.3 is 10.2 Å². The van der Waals surface area contributed by atoms with Crippen molar-refractivity contribution in [2.24, 2.45) is 0 Å². The zero-order valence-corrected chi connectivity index (χ0v) is 20.2. The van der Waals surface area contributed by atoms with Crippen LogP contribution in [0.4, 0.5) is 4.79 Å². The molecule has 5 rings (SSSR count). The fraction of sp³-hybridized carbons (Fsp3) is 0.385. The molecular formula is C26H28N4O3S. The Labute approximate surface area is 202 Å². The van der Waals surface area contributed by atoms with Crippen molar-refractivity contribution >= 4 is 39.4 Å². The van der Waals surface area contributed by atoms with E-state index in [-0.39, 0.29) is 24.3 Å². The van der Waals surface area contributed by atoms with E-state index in [0.29, 0.717) is 19.5 Å². The normalized spacial score (nSPS) is 22.9. The minimum atomic E-state index is -1.13. The van der Waals surface area contributed by atoms with Crippen LogP contribution in [0.1, 0.15) is 48.2 Å². The zero-order valence-electron chi connectivity index (χ0n) is 19.4. The van der Waals surface area contributed by atoms with Crippen molar-refractivity contribution in [3.8, 4) is 0 Å². The summed E-state index contributed by atoms with van der Waals surface area (Å²) in [6.45, 7) is 4.78. The van der Waals surface area contributed by atoms with Gasteiger partial charge in [-0.05, 0) is 43.9 Å². The van der Waals surface area contributed by atoms with Crippen LogP contribution in [0.25, 0.3) is 10.2 Å². The Kier molecular flexibility index (Phi) is 5.85. The summed E-state index contributed by atoms with van der Waals surface area (Å²) >= 11 is 1.67. The first-order valence-corrected chi connectivity index (χ1v) is 12.6. The van der Waals surface area contributed by atoms with Crippen LogP contribution in [0.2, 0.25) is 0 Å². The first-order chi connectivity index (χ1) is 16.4. The molecule has 0 spiro atoms. The van der Waals surface area contributed by atoms with E-state index in [9.17, 15) is 14.4 Å². The maximum Gasteiger partial charge on any atom is 0.325 e. The van der Waals surface area contributed by atoms with Crippen LogP contribution < -0.4 is 5.32 Å². The molecule has 2 aliphatic heterocycles. The molecule has 2 atom stereocenters. The number of hydrogen-bond acceptors (Lipinski definition) is 5. The van der Waals surface area contributed by atoms with Crippen molar-refractivity contribution < 1.29 is 14.4 Å². The summed E-state index contributed by atoms with van der Waals surface area (Å²) in [5.41, 5.74) is 1.67. The topological polar surface area (TPSA) is 82.6 Å². The Morgan fingerprint density at radius 1 is 1.18 bits per heavy atom. The number of aromatic nitrogens is 1. The lowest BCUT2D eigenvalue weighted by Crippen LogP contribution is -2.47. The van der Waals surface area contributed by atoms with Crippen molar-refractivity contribution in [2.45, 2.75) is 44.6 Å². The second kappa shape index (κ2) is 8.83. The smallest absolute Gasteiger partial charge is 0.325 e. The maximum absolute atomic E-state index is 13.4. The number of nitrogens with one attached hydrogen (secondary N) is 1. The molecule has 4 amide bonds. The molecule has 2 aromatic carbocycles. The van der Waals surface area contributed by atoms with E-state index >= 15 is 0 Å². The van der Waals surface area contributed by atoms with Crippen molar-refractivity contribution in [1.82, 2.24) is 20.1 Å². The second-order valence-corrected chi connectivity index (χ2v) is 10.2. The van der Waals surface area contributed by atoms with Gasteiger partial charge in [-0.3, -0.25) is 14.5 Å². The van der Waals surface area contributed by atoms with Crippen LogP contribution in [0.3, 0.4) is 0 Å². The molecule has 2 aliphatic rings. The quantitative estimate of drug-likeness (QED) is 0.561. The number of thiazole rings is 1. The van der Waals surface area contributed by atoms with Crippen molar-refractivity contribution in [1.29, 1.82) is 0 Å². The van der Waals surface area contributed by atoms with Crippen LogP contribution in [0.15, 0.2) is 48.5 Å². The molecule has 0 unspecified atom stereocenters. The van der Waals surface area contributed by atoms with Crippen LogP contribution in [-0.2, 0) is 15.1 Å². The highest BCUT2D eigenvalue weighted by atomic mass is 32.1. The summed E-state index contributed by atoms with van der Waals surface area (Å²) in [6.07, 6.45) is 2.25. The molecule has 0 saturated carbocycles. The molecule has 176 valence electrons. The third-order valence-electron chi connectivity index (χ3n) is 6.98. The molecule has 1 N–H and O–H groups in total. The summed E-state index contributed by atoms with van der Waals surface area (Å²) < 4.78 is 1.15. The number of imide groups is 1. The standard InChI is InChI=1S/C26H28N4O3S/c1-3-26(19-12-10-17(2)11-13-19)24(32)30(25(33)28-26)16-22(31)29-14-6-7-18(15-29)23-27-20-8-4-5-9-21(20)34-23/h4-5,8-13,18H,3,6-7,14-16H2,1-2H3,(H,28,33)/t18-,26-/m1/s1. The number of likely N-dealkylation sites (tertiary alicyclic amines) is 1. The number of piperidine rings is 1. The van der Waals surface area contributed by atoms with Gasteiger partial charge in [0.25, 0.3) is 5.91 Å². The molecule has 3 aromatic rings. The largest absolute Gasteiger partial charge is 0.340 e. The SMILES string of the molecule is CC[C@]1(c2ccc(C)cc2)NC(=O)N(CC(=O)N2CCC[C@@H](c3nc4ccccc4s3)C2)C1=O. The lowest BCUT2D eigenvalue weighted by atomic mass is 9.86. The third-order valence-corrected chi connectivity index (χ3v) is 8.18. The van der Waals surface area contributed by atoms with Crippen molar-refractivity contribution in [3.63, 3.8) is 0 Å². The van der Waals surface area contributed by atoms with E-state index in [1.54, 1.807) is 16.2 Å². The van der Waals surface area contributed by atoms with E-state index in [1.165, 1.54) is 0 Å². The summed E-state index contributed by atoms with van der Waals surface area (Å²) in [4.78, 5) is 47.1. The van der Waals surface area contributed by atoms with Gasteiger partial charge in [0.15, 0.2) is 0 Å². The molecule has 34 heavy (non-hydrogen) atoms. The lowest BCUT2D eigenvalue weighted by Gasteiger charge is -2.32. The number of benzene rings is 2. The predicted molar refractivity (Wildman–Crippen MR) is 132 cm³/mol. The number of nitrogens with zero attached hydrogens (tertiary/aromatic N) is 3. The summed E-state index contributed by atoms with van der Waals surface area (Å²) in [5, 5.41) is 3.91. The molecule has 0 bridgehead atoms. The van der Waals surface area contributed by atoms with Gasteiger partial charge in [-0.25, -0.2) is 9.78 Å². The van der Waals surface area contributed by atoms with Crippen LogP contribution in [0.5, 0.6) is 0 Å². The molecule has 2 saturated heterocycles. The predicted octanol–water partition coefficient (Wildman–Crippen LogP) is 4.17. The minimum absolute atomic E-state index is 0.167. The van der Waals surface area contributed by atoms with Gasteiger partial charge >= 0.3 is 6.03 Å². The highest BCUT2D eigenvalue weighted by molar-refractivity contribution is 7.18. The van der Waals surface area contributed by atoms with Crippen LogP contribution in [-0.4, -0.2) is 52.3 Å². The number of rotatable bonds is 5. The number of amides is 4. The van der Waals surface area contributed by atoms with Gasteiger partial charge in [0.1, 0.15) is 12.1 Å². The number of urea groups is 1. The highest BCUT2D eigenvalue weighted by Crippen LogP contribution is 2.34. The third kappa shape index (κ3) is 3.86. The number of aryl methyl sites for hydroxylation is 1. The summed E-state index contributed by atoms with van der Waals surface area (Å²) in [5.74, 6) is -0.400. The molecular weight excluding hydrogens is 448 g/mol. The van der Waals surface area contributed by atoms with E-state index < -0.39 is 11.6 Å². The van der Waals surface area contributed by atoms with Gasteiger partial charge in [-0.1, -0.05) is 48.9 Å². The minimum Gasteiger partial charge on any atom is -0.340 e. The van der Waals surface area contributed by atoms with E-state index in [4.69, 9.17) is 4.98 Å². The highest BCUT2D eigenvalue weighted by Gasteiger charge is 2.51. The molecule has 8 heteroatoms. The Bertz CT molecular complexity index is 1220. The van der Waals surface area contributed by atoms with Crippen LogP contribution in [0, 0.1) is 6.92 Å². The summed E-state index contributed by atoms with van der Waals surface area (Å²) in [6, 6.07) is 15.1. The van der Waals surface area contributed by atoms with Crippen molar-refractivity contribution in [3.05, 3.63) is 64.7 Å².